The fraction of sp³-hybridized carbons (Fsp3) is 0.286. The van der Waals surface area contributed by atoms with Crippen molar-refractivity contribution in [2.24, 2.45) is 5.73 Å². The summed E-state index contributed by atoms with van der Waals surface area (Å²) >= 11 is 0. The van der Waals surface area contributed by atoms with Gasteiger partial charge < -0.3 is 15.2 Å². The fourth-order valence-corrected chi connectivity index (χ4v) is 3.48. The van der Waals surface area contributed by atoms with Crippen LogP contribution in [0.2, 0.25) is 0 Å². The number of amides is 1. The van der Waals surface area contributed by atoms with E-state index in [4.69, 9.17) is 10.3 Å². The zero-order chi connectivity index (χ0) is 19.5. The highest BCUT2D eigenvalue weighted by Crippen LogP contribution is 2.21. The van der Waals surface area contributed by atoms with Gasteiger partial charge in [-0.1, -0.05) is 17.3 Å². The van der Waals surface area contributed by atoms with Gasteiger partial charge in [-0.2, -0.15) is 4.98 Å². The highest BCUT2D eigenvalue weighted by Gasteiger charge is 2.18. The van der Waals surface area contributed by atoms with Crippen molar-refractivity contribution in [2.75, 3.05) is 31.1 Å². The Balaban J connectivity index is 1.36. The Hall–Kier alpha value is -3.19. The Morgan fingerprint density at radius 2 is 1.86 bits per heavy atom. The van der Waals surface area contributed by atoms with E-state index in [0.29, 0.717) is 17.3 Å². The average molecular weight is 377 g/mol. The molecule has 0 radical (unpaired) electrons. The van der Waals surface area contributed by atoms with Crippen molar-refractivity contribution in [3.8, 4) is 11.5 Å². The third-order valence-corrected chi connectivity index (χ3v) is 5.00. The molecule has 0 bridgehead atoms. The average Bonchev–Trinajstić information content (AvgIpc) is 3.15. The molecule has 1 amide bonds. The molecule has 2 aromatic carbocycles. The number of hydrogen-bond acceptors (Lipinski definition) is 6. The maximum absolute atomic E-state index is 11.2. The summed E-state index contributed by atoms with van der Waals surface area (Å²) in [5.41, 5.74) is 9.15. The first-order valence-electron chi connectivity index (χ1n) is 9.35. The SMILES string of the molecule is Cc1noc(-c2cccc(CN3CCN(c4ccc(C(N)=O)cc4)CC3)c2)n1. The van der Waals surface area contributed by atoms with Crippen molar-refractivity contribution in [2.45, 2.75) is 13.5 Å². The number of hydrogen-bond donors (Lipinski definition) is 1. The van der Waals surface area contributed by atoms with Gasteiger partial charge in [-0.05, 0) is 48.9 Å². The van der Waals surface area contributed by atoms with Crippen molar-refractivity contribution in [3.05, 3.63) is 65.5 Å². The number of piperazine rings is 1. The molecule has 3 aromatic rings. The van der Waals surface area contributed by atoms with Crippen LogP contribution in [0, 0.1) is 6.92 Å². The van der Waals surface area contributed by atoms with Crippen LogP contribution >= 0.6 is 0 Å². The molecule has 0 aliphatic carbocycles. The van der Waals surface area contributed by atoms with E-state index in [2.05, 4.69) is 32.1 Å². The number of aromatic nitrogens is 2. The maximum Gasteiger partial charge on any atom is 0.257 e. The first kappa shape index (κ1) is 18.2. The normalized spacial score (nSPS) is 15.0. The number of aryl methyl sites for hydroxylation is 1. The van der Waals surface area contributed by atoms with E-state index in [9.17, 15) is 4.79 Å². The Kier molecular flexibility index (Phi) is 5.08. The number of benzene rings is 2. The van der Waals surface area contributed by atoms with Crippen molar-refractivity contribution in [1.29, 1.82) is 0 Å². The predicted molar refractivity (Wildman–Crippen MR) is 107 cm³/mol. The molecule has 0 saturated carbocycles. The van der Waals surface area contributed by atoms with E-state index in [1.54, 1.807) is 12.1 Å². The summed E-state index contributed by atoms with van der Waals surface area (Å²) < 4.78 is 5.27. The van der Waals surface area contributed by atoms with Crippen molar-refractivity contribution in [1.82, 2.24) is 15.0 Å². The summed E-state index contributed by atoms with van der Waals surface area (Å²) in [6.07, 6.45) is 0. The van der Waals surface area contributed by atoms with Gasteiger partial charge in [-0.25, -0.2) is 0 Å². The molecule has 144 valence electrons. The van der Waals surface area contributed by atoms with Crippen LogP contribution in [0.1, 0.15) is 21.7 Å². The number of anilines is 1. The van der Waals surface area contributed by atoms with E-state index in [0.717, 1.165) is 44.0 Å². The highest BCUT2D eigenvalue weighted by atomic mass is 16.5. The monoisotopic (exact) mass is 377 g/mol. The largest absolute Gasteiger partial charge is 0.369 e. The number of primary amides is 1. The van der Waals surface area contributed by atoms with Crippen molar-refractivity contribution >= 4 is 11.6 Å². The van der Waals surface area contributed by atoms with Crippen LogP contribution in [0.4, 0.5) is 5.69 Å². The third-order valence-electron chi connectivity index (χ3n) is 5.00. The number of carbonyl (C=O) groups is 1. The molecular formula is C21H23N5O2. The topological polar surface area (TPSA) is 88.5 Å². The molecule has 0 unspecified atom stereocenters. The lowest BCUT2D eigenvalue weighted by Crippen LogP contribution is -2.45. The van der Waals surface area contributed by atoms with E-state index in [1.165, 1.54) is 5.56 Å². The standard InChI is InChI=1S/C21H23N5O2/c1-15-23-21(28-24-15)18-4-2-3-16(13-18)14-25-9-11-26(12-10-25)19-7-5-17(6-8-19)20(22)27/h2-8,13H,9-12,14H2,1H3,(H2,22,27). The minimum Gasteiger partial charge on any atom is -0.369 e. The van der Waals surface area contributed by atoms with Gasteiger partial charge in [0.15, 0.2) is 5.82 Å². The maximum atomic E-state index is 11.2. The van der Waals surface area contributed by atoms with Gasteiger partial charge in [-0.3, -0.25) is 9.69 Å². The minimum absolute atomic E-state index is 0.394. The first-order chi connectivity index (χ1) is 13.6. The Bertz CT molecular complexity index is 959. The van der Waals surface area contributed by atoms with Gasteiger partial charge in [-0.15, -0.1) is 0 Å². The highest BCUT2D eigenvalue weighted by molar-refractivity contribution is 5.93. The smallest absolute Gasteiger partial charge is 0.257 e. The molecule has 2 N–H and O–H groups in total. The van der Waals surface area contributed by atoms with Crippen LogP contribution in [-0.2, 0) is 6.54 Å². The molecule has 7 heteroatoms. The summed E-state index contributed by atoms with van der Waals surface area (Å²) in [5, 5.41) is 3.86. The predicted octanol–water partition coefficient (Wildman–Crippen LogP) is 2.47. The summed E-state index contributed by atoms with van der Waals surface area (Å²) in [4.78, 5) is 20.3. The second-order valence-electron chi connectivity index (χ2n) is 7.02. The first-order valence-corrected chi connectivity index (χ1v) is 9.35. The molecule has 0 atom stereocenters. The third kappa shape index (κ3) is 4.04. The van der Waals surface area contributed by atoms with E-state index in [-0.39, 0.29) is 0 Å². The molecular weight excluding hydrogens is 354 g/mol. The molecule has 2 heterocycles. The van der Waals surface area contributed by atoms with Crippen LogP contribution < -0.4 is 10.6 Å². The van der Waals surface area contributed by atoms with Crippen LogP contribution in [-0.4, -0.2) is 47.1 Å². The molecule has 1 aliphatic rings. The van der Waals surface area contributed by atoms with Gasteiger partial charge in [0.1, 0.15) is 0 Å². The second kappa shape index (κ2) is 7.82. The lowest BCUT2D eigenvalue weighted by Gasteiger charge is -2.36. The van der Waals surface area contributed by atoms with E-state index < -0.39 is 5.91 Å². The molecule has 1 aliphatic heterocycles. The summed E-state index contributed by atoms with van der Waals surface area (Å²) in [6.45, 7) is 6.53. The minimum atomic E-state index is -0.394. The Morgan fingerprint density at radius 3 is 2.50 bits per heavy atom. The van der Waals surface area contributed by atoms with Crippen molar-refractivity contribution in [3.63, 3.8) is 0 Å². The zero-order valence-corrected chi connectivity index (χ0v) is 15.8. The van der Waals surface area contributed by atoms with Gasteiger partial charge in [0, 0.05) is 49.5 Å². The van der Waals surface area contributed by atoms with Crippen LogP contribution in [0.15, 0.2) is 53.1 Å². The lowest BCUT2D eigenvalue weighted by molar-refractivity contribution is 0.100. The number of nitrogens with two attached hydrogens (primary N) is 1. The molecule has 1 aromatic heterocycles. The van der Waals surface area contributed by atoms with Gasteiger partial charge in [0.25, 0.3) is 5.89 Å². The molecule has 7 nitrogen and oxygen atoms in total. The Labute approximate surface area is 163 Å². The van der Waals surface area contributed by atoms with Crippen molar-refractivity contribution < 1.29 is 9.32 Å². The summed E-state index contributed by atoms with van der Waals surface area (Å²) in [6, 6.07) is 15.8. The van der Waals surface area contributed by atoms with Crippen LogP contribution in [0.3, 0.4) is 0 Å². The number of carbonyl (C=O) groups excluding carboxylic acids is 1. The number of rotatable bonds is 5. The van der Waals surface area contributed by atoms with Crippen LogP contribution in [0.25, 0.3) is 11.5 Å². The second-order valence-corrected chi connectivity index (χ2v) is 7.02. The van der Waals surface area contributed by atoms with Gasteiger partial charge in [0.05, 0.1) is 0 Å². The van der Waals surface area contributed by atoms with Crippen LogP contribution in [0.5, 0.6) is 0 Å². The quantitative estimate of drug-likeness (QED) is 0.735. The zero-order valence-electron chi connectivity index (χ0n) is 15.8. The molecule has 1 saturated heterocycles. The van der Waals surface area contributed by atoms with E-state index >= 15 is 0 Å². The lowest BCUT2D eigenvalue weighted by atomic mass is 10.1. The molecule has 28 heavy (non-hydrogen) atoms. The van der Waals surface area contributed by atoms with E-state index in [1.807, 2.05) is 31.2 Å². The van der Waals surface area contributed by atoms with Gasteiger partial charge >= 0.3 is 0 Å². The Morgan fingerprint density at radius 1 is 1.11 bits per heavy atom. The fourth-order valence-electron chi connectivity index (χ4n) is 3.48. The summed E-state index contributed by atoms with van der Waals surface area (Å²) in [5.74, 6) is 0.804. The molecule has 0 spiro atoms. The summed E-state index contributed by atoms with van der Waals surface area (Å²) in [7, 11) is 0. The number of nitrogens with zero attached hydrogens (tertiary/aromatic N) is 4. The van der Waals surface area contributed by atoms with Gasteiger partial charge in [0.2, 0.25) is 5.91 Å². The molecule has 1 fully saturated rings. The molecule has 4 rings (SSSR count).